The van der Waals surface area contributed by atoms with Gasteiger partial charge in [-0.3, -0.25) is 0 Å². The second-order valence-electron chi connectivity index (χ2n) is 0.803. The Morgan fingerprint density at radius 1 is 1.38 bits per heavy atom. The summed E-state index contributed by atoms with van der Waals surface area (Å²) in [4.78, 5) is 9.62. The summed E-state index contributed by atoms with van der Waals surface area (Å²) in [5.41, 5.74) is 0. The van der Waals surface area contributed by atoms with Gasteiger partial charge < -0.3 is 5.11 Å². The second kappa shape index (κ2) is 3.80. The summed E-state index contributed by atoms with van der Waals surface area (Å²) in [5, 5.41) is 7.85. The SMILES string of the molecule is O=C(O)C(Cl)(Cl)Cl.[Fe]. The minimum absolute atomic E-state index is 0. The molecule has 0 aromatic carbocycles. The van der Waals surface area contributed by atoms with Gasteiger partial charge in [0.1, 0.15) is 0 Å². The van der Waals surface area contributed by atoms with E-state index in [0.717, 1.165) is 0 Å². The number of hydrogen-bond acceptors (Lipinski definition) is 1. The fourth-order valence-corrected chi connectivity index (χ4v) is 0. The van der Waals surface area contributed by atoms with Crippen LogP contribution in [0, 0.1) is 0 Å². The van der Waals surface area contributed by atoms with Crippen LogP contribution in [-0.4, -0.2) is 14.9 Å². The molecule has 0 heterocycles. The fraction of sp³-hybridized carbons (Fsp3) is 0.500. The summed E-state index contributed by atoms with van der Waals surface area (Å²) >= 11 is 14.4. The molecule has 6 heteroatoms. The van der Waals surface area contributed by atoms with Crippen molar-refractivity contribution in [2.45, 2.75) is 3.79 Å². The fourth-order valence-electron chi connectivity index (χ4n) is 0. The third-order valence-electron chi connectivity index (χ3n) is 0.243. The minimum atomic E-state index is -2.17. The van der Waals surface area contributed by atoms with Gasteiger partial charge in [-0.25, -0.2) is 4.79 Å². The number of carbonyl (C=O) groups is 1. The molecule has 2 nitrogen and oxygen atoms in total. The van der Waals surface area contributed by atoms with Crippen molar-refractivity contribution < 1.29 is 27.0 Å². The van der Waals surface area contributed by atoms with Gasteiger partial charge in [0.15, 0.2) is 0 Å². The molecule has 0 rings (SSSR count). The monoisotopic (exact) mass is 218 g/mol. The van der Waals surface area contributed by atoms with Gasteiger partial charge in [-0.1, -0.05) is 34.8 Å². The second-order valence-corrected chi connectivity index (χ2v) is 3.08. The number of rotatable bonds is 0. The first-order valence-electron chi connectivity index (χ1n) is 1.24. The van der Waals surface area contributed by atoms with Crippen LogP contribution in [0.5, 0.6) is 0 Å². The molecule has 0 saturated carbocycles. The van der Waals surface area contributed by atoms with E-state index in [-0.39, 0.29) is 17.1 Å². The average molecular weight is 219 g/mol. The van der Waals surface area contributed by atoms with Crippen LogP contribution >= 0.6 is 34.8 Å². The molecule has 0 fully saturated rings. The molecule has 0 saturated heterocycles. The van der Waals surface area contributed by atoms with Gasteiger partial charge in [-0.15, -0.1) is 0 Å². The summed E-state index contributed by atoms with van der Waals surface area (Å²) in [6, 6.07) is 0. The zero-order valence-electron chi connectivity index (χ0n) is 3.34. The van der Waals surface area contributed by atoms with E-state index in [9.17, 15) is 4.79 Å². The Labute approximate surface area is 71.6 Å². The smallest absolute Gasteiger partial charge is 0.356 e. The van der Waals surface area contributed by atoms with E-state index in [1.54, 1.807) is 0 Å². The molecular weight excluding hydrogens is 218 g/mol. The number of halogens is 3. The Balaban J connectivity index is 0. The van der Waals surface area contributed by atoms with Crippen LogP contribution in [0.25, 0.3) is 0 Å². The predicted molar refractivity (Wildman–Crippen MR) is 27.9 cm³/mol. The van der Waals surface area contributed by atoms with Gasteiger partial charge in [0.25, 0.3) is 3.79 Å². The summed E-state index contributed by atoms with van der Waals surface area (Å²) in [6.07, 6.45) is 0. The molecule has 50 valence electrons. The normalized spacial score (nSPS) is 9.88. The van der Waals surface area contributed by atoms with Gasteiger partial charge in [0.2, 0.25) is 0 Å². The van der Waals surface area contributed by atoms with E-state index in [1.165, 1.54) is 0 Å². The van der Waals surface area contributed by atoms with Crippen molar-refractivity contribution in [1.82, 2.24) is 0 Å². The quantitative estimate of drug-likeness (QED) is 0.494. The number of carboxylic acid groups (broad SMARTS) is 1. The van der Waals surface area contributed by atoms with E-state index < -0.39 is 9.76 Å². The molecule has 0 spiro atoms. The van der Waals surface area contributed by atoms with Gasteiger partial charge in [-0.2, -0.15) is 0 Å². The van der Waals surface area contributed by atoms with Crippen molar-refractivity contribution in [3.63, 3.8) is 0 Å². The van der Waals surface area contributed by atoms with Crippen LogP contribution < -0.4 is 0 Å². The molecule has 0 bridgehead atoms. The van der Waals surface area contributed by atoms with Crippen molar-refractivity contribution >= 4 is 40.8 Å². The Morgan fingerprint density at radius 2 is 1.50 bits per heavy atom. The predicted octanol–water partition coefficient (Wildman–Crippen LogP) is 1.44. The number of hydrogen-bond donors (Lipinski definition) is 1. The van der Waals surface area contributed by atoms with Crippen molar-refractivity contribution in [2.24, 2.45) is 0 Å². The average Bonchev–Trinajstić information content (AvgIpc) is 1.31. The van der Waals surface area contributed by atoms with E-state index in [4.69, 9.17) is 39.9 Å². The maximum atomic E-state index is 9.62. The molecule has 0 atom stereocenters. The Morgan fingerprint density at radius 3 is 1.50 bits per heavy atom. The Bertz CT molecular complexity index is 87.8. The van der Waals surface area contributed by atoms with Crippen molar-refractivity contribution in [3.8, 4) is 0 Å². The summed E-state index contributed by atoms with van der Waals surface area (Å²) in [7, 11) is 0. The van der Waals surface area contributed by atoms with Gasteiger partial charge in [-0.05, 0) is 0 Å². The molecule has 0 aromatic heterocycles. The molecule has 0 aliphatic rings. The topological polar surface area (TPSA) is 37.3 Å². The van der Waals surface area contributed by atoms with Crippen LogP contribution in [0.1, 0.15) is 0 Å². The largest absolute Gasteiger partial charge is 0.478 e. The van der Waals surface area contributed by atoms with E-state index >= 15 is 0 Å². The van der Waals surface area contributed by atoms with E-state index in [1.807, 2.05) is 0 Å². The number of aliphatic carboxylic acids is 1. The van der Waals surface area contributed by atoms with Gasteiger partial charge in [0.05, 0.1) is 0 Å². The molecule has 0 radical (unpaired) electrons. The van der Waals surface area contributed by atoms with Crippen LogP contribution in [0.4, 0.5) is 0 Å². The van der Waals surface area contributed by atoms with Gasteiger partial charge >= 0.3 is 5.97 Å². The van der Waals surface area contributed by atoms with Crippen LogP contribution in [-0.2, 0) is 21.9 Å². The Kier molecular flexibility index (Phi) is 5.53. The van der Waals surface area contributed by atoms with Crippen LogP contribution in [0.2, 0.25) is 0 Å². The molecular formula is C2HCl3FeO2. The summed E-state index contributed by atoms with van der Waals surface area (Å²) in [5.74, 6) is -1.46. The first-order chi connectivity index (χ1) is 2.94. The zero-order valence-corrected chi connectivity index (χ0v) is 6.71. The molecule has 0 aromatic rings. The molecule has 0 amide bonds. The zero-order chi connectivity index (χ0) is 6.08. The first-order valence-corrected chi connectivity index (χ1v) is 2.38. The summed E-state index contributed by atoms with van der Waals surface area (Å²) < 4.78 is -2.17. The molecule has 0 aliphatic heterocycles. The standard InChI is InChI=1S/C2HCl3O2.Fe/c3-2(4,5)1(6)7;/h(H,6,7);. The van der Waals surface area contributed by atoms with Crippen molar-refractivity contribution in [1.29, 1.82) is 0 Å². The van der Waals surface area contributed by atoms with E-state index in [0.29, 0.717) is 0 Å². The van der Waals surface area contributed by atoms with Crippen molar-refractivity contribution in [3.05, 3.63) is 0 Å². The molecule has 0 aliphatic carbocycles. The number of alkyl halides is 3. The van der Waals surface area contributed by atoms with Crippen LogP contribution in [0.3, 0.4) is 0 Å². The van der Waals surface area contributed by atoms with Crippen molar-refractivity contribution in [2.75, 3.05) is 0 Å². The van der Waals surface area contributed by atoms with Crippen LogP contribution in [0.15, 0.2) is 0 Å². The molecule has 1 N–H and O–H groups in total. The molecule has 8 heavy (non-hydrogen) atoms. The molecule has 0 unspecified atom stereocenters. The van der Waals surface area contributed by atoms with Gasteiger partial charge in [0, 0.05) is 17.1 Å². The summed E-state index contributed by atoms with van der Waals surface area (Å²) in [6.45, 7) is 0. The minimum Gasteiger partial charge on any atom is -0.478 e. The third kappa shape index (κ3) is 5.01. The Hall–Kier alpha value is 0.859. The number of carboxylic acids is 1. The third-order valence-corrected chi connectivity index (χ3v) is 0.728. The van der Waals surface area contributed by atoms with E-state index in [2.05, 4.69) is 0 Å². The maximum Gasteiger partial charge on any atom is 0.356 e. The first kappa shape index (κ1) is 11.6. The maximum absolute atomic E-state index is 9.62.